The van der Waals surface area contributed by atoms with Gasteiger partial charge in [-0.15, -0.1) is 5.10 Å². The lowest BCUT2D eigenvalue weighted by Gasteiger charge is -2.30. The molecule has 0 spiro atoms. The van der Waals surface area contributed by atoms with Crippen molar-refractivity contribution in [2.24, 2.45) is 0 Å². The van der Waals surface area contributed by atoms with Crippen LogP contribution in [0.15, 0.2) is 6.07 Å². The Balaban J connectivity index is 1.85. The zero-order chi connectivity index (χ0) is 16.6. The maximum absolute atomic E-state index is 12.3. The Morgan fingerprint density at radius 2 is 2.26 bits per heavy atom. The number of nitrogens with one attached hydrogen (secondary N) is 3. The zero-order valence-electron chi connectivity index (χ0n) is 13.0. The van der Waals surface area contributed by atoms with Crippen LogP contribution < -0.4 is 16.0 Å². The van der Waals surface area contributed by atoms with E-state index in [1.165, 1.54) is 0 Å². The highest BCUT2D eigenvalue weighted by Crippen LogP contribution is 2.19. The number of rotatable bonds is 3. The summed E-state index contributed by atoms with van der Waals surface area (Å²) in [6, 6.07) is 1.77. The van der Waals surface area contributed by atoms with Gasteiger partial charge in [-0.25, -0.2) is 4.68 Å². The van der Waals surface area contributed by atoms with Crippen LogP contribution in [0.3, 0.4) is 0 Å². The van der Waals surface area contributed by atoms with Crippen molar-refractivity contribution < 1.29 is 9.59 Å². The lowest BCUT2D eigenvalue weighted by Crippen LogP contribution is -2.52. The van der Waals surface area contributed by atoms with Gasteiger partial charge in [-0.3, -0.25) is 14.9 Å². The van der Waals surface area contributed by atoms with Crippen LogP contribution in [0.4, 0.5) is 5.82 Å². The first kappa shape index (κ1) is 15.6. The molecule has 0 aromatic carbocycles. The lowest BCUT2D eigenvalue weighted by atomic mass is 10.2. The topological polar surface area (TPSA) is 114 Å². The summed E-state index contributed by atoms with van der Waals surface area (Å²) < 4.78 is 5.32. The number of aromatic nitrogens is 4. The van der Waals surface area contributed by atoms with Crippen molar-refractivity contribution in [3.63, 3.8) is 0 Å². The average Bonchev–Trinajstić information content (AvgIpc) is 3.03. The Kier molecular flexibility index (Phi) is 4.09. The first-order valence-corrected chi connectivity index (χ1v) is 7.93. The molecule has 2 atom stereocenters. The molecule has 10 heteroatoms. The van der Waals surface area contributed by atoms with E-state index in [2.05, 4.69) is 30.6 Å². The lowest BCUT2D eigenvalue weighted by molar-refractivity contribution is -0.125. The van der Waals surface area contributed by atoms with Gasteiger partial charge in [-0.05, 0) is 32.3 Å². The molecular weight excluding hydrogens is 318 g/mol. The van der Waals surface area contributed by atoms with Crippen LogP contribution in [-0.4, -0.2) is 37.2 Å². The fraction of sp³-hybridized carbons (Fsp3) is 0.462. The molecule has 1 fully saturated rings. The minimum absolute atomic E-state index is 0.0229. The third-order valence-electron chi connectivity index (χ3n) is 3.43. The van der Waals surface area contributed by atoms with E-state index in [0.717, 1.165) is 17.2 Å². The molecule has 2 unspecified atom stereocenters. The predicted octanol–water partition coefficient (Wildman–Crippen LogP) is 0.558. The van der Waals surface area contributed by atoms with Crippen LogP contribution in [0, 0.1) is 13.8 Å². The number of anilines is 1. The first-order valence-electron chi connectivity index (χ1n) is 7.16. The molecule has 122 valence electrons. The number of hydrogen-bond donors (Lipinski definition) is 3. The molecule has 0 radical (unpaired) electrons. The van der Waals surface area contributed by atoms with E-state index in [-0.39, 0.29) is 17.9 Å². The van der Waals surface area contributed by atoms with E-state index in [0.29, 0.717) is 22.8 Å². The minimum atomic E-state index is -0.504. The summed E-state index contributed by atoms with van der Waals surface area (Å²) in [6.45, 7) is 5.47. The second-order valence-electron chi connectivity index (χ2n) is 5.50. The minimum Gasteiger partial charge on any atom is -0.322 e. The van der Waals surface area contributed by atoms with E-state index in [9.17, 15) is 9.59 Å². The van der Waals surface area contributed by atoms with E-state index >= 15 is 0 Å². The normalized spacial score (nSPS) is 21.1. The summed E-state index contributed by atoms with van der Waals surface area (Å²) in [7, 11) is 0. The monoisotopic (exact) mass is 335 g/mol. The Morgan fingerprint density at radius 3 is 2.91 bits per heavy atom. The molecule has 0 aliphatic carbocycles. The summed E-state index contributed by atoms with van der Waals surface area (Å²) >= 11 is 1.04. The number of hydrogen-bond acceptors (Lipinski definition) is 7. The maximum Gasteiger partial charge on any atom is 0.270 e. The van der Waals surface area contributed by atoms with Crippen molar-refractivity contribution in [1.29, 1.82) is 0 Å². The van der Waals surface area contributed by atoms with Crippen molar-refractivity contribution >= 4 is 29.2 Å². The third-order valence-corrected chi connectivity index (χ3v) is 4.26. The van der Waals surface area contributed by atoms with Crippen LogP contribution in [0.2, 0.25) is 0 Å². The van der Waals surface area contributed by atoms with Gasteiger partial charge in [0.05, 0.1) is 11.4 Å². The molecule has 1 aliphatic heterocycles. The van der Waals surface area contributed by atoms with E-state index < -0.39 is 6.29 Å². The van der Waals surface area contributed by atoms with Gasteiger partial charge in [0.1, 0.15) is 10.7 Å². The summed E-state index contributed by atoms with van der Waals surface area (Å²) in [4.78, 5) is 24.5. The smallest absolute Gasteiger partial charge is 0.270 e. The van der Waals surface area contributed by atoms with E-state index in [4.69, 9.17) is 0 Å². The second kappa shape index (κ2) is 6.05. The van der Waals surface area contributed by atoms with Crippen LogP contribution in [0.5, 0.6) is 0 Å². The van der Waals surface area contributed by atoms with Gasteiger partial charge in [-0.2, -0.15) is 5.10 Å². The number of carbonyl (C=O) groups excluding carboxylic acids is 2. The van der Waals surface area contributed by atoms with Crippen LogP contribution in [0.25, 0.3) is 0 Å². The van der Waals surface area contributed by atoms with Gasteiger partial charge >= 0.3 is 0 Å². The highest BCUT2D eigenvalue weighted by Gasteiger charge is 2.27. The molecule has 3 rings (SSSR count). The third kappa shape index (κ3) is 3.22. The quantitative estimate of drug-likeness (QED) is 0.755. The molecule has 2 aromatic heterocycles. The molecule has 2 amide bonds. The van der Waals surface area contributed by atoms with Crippen molar-refractivity contribution in [2.75, 3.05) is 5.32 Å². The Hall–Kier alpha value is -2.33. The van der Waals surface area contributed by atoms with Crippen LogP contribution >= 0.6 is 11.5 Å². The Morgan fingerprint density at radius 1 is 1.48 bits per heavy atom. The highest BCUT2D eigenvalue weighted by molar-refractivity contribution is 7.08. The SMILES string of the molecule is Cc1cc(NC(=O)c2snnc2C)n(C2NC(=O)CC(C)N2)n1. The maximum atomic E-state index is 12.3. The summed E-state index contributed by atoms with van der Waals surface area (Å²) in [5, 5.41) is 17.0. The molecule has 23 heavy (non-hydrogen) atoms. The molecule has 3 heterocycles. The van der Waals surface area contributed by atoms with Gasteiger partial charge in [0.15, 0.2) is 6.29 Å². The zero-order valence-corrected chi connectivity index (χ0v) is 13.8. The summed E-state index contributed by atoms with van der Waals surface area (Å²) in [5.41, 5.74) is 1.31. The number of nitrogens with zero attached hydrogens (tertiary/aromatic N) is 4. The molecule has 0 saturated carbocycles. The fourth-order valence-corrected chi connectivity index (χ4v) is 2.96. The highest BCUT2D eigenvalue weighted by atomic mass is 32.1. The molecule has 1 saturated heterocycles. The average molecular weight is 335 g/mol. The Labute approximate surface area is 136 Å². The van der Waals surface area contributed by atoms with Gasteiger partial charge in [0.2, 0.25) is 5.91 Å². The number of carbonyl (C=O) groups is 2. The number of amides is 2. The van der Waals surface area contributed by atoms with Gasteiger partial charge in [-0.1, -0.05) is 4.49 Å². The van der Waals surface area contributed by atoms with Gasteiger partial charge in [0, 0.05) is 18.5 Å². The predicted molar refractivity (Wildman–Crippen MR) is 84.0 cm³/mol. The molecule has 2 aromatic rings. The second-order valence-corrected chi connectivity index (χ2v) is 6.25. The van der Waals surface area contributed by atoms with Crippen molar-refractivity contribution in [3.05, 3.63) is 22.3 Å². The Bertz CT molecular complexity index is 753. The van der Waals surface area contributed by atoms with Crippen molar-refractivity contribution in [1.82, 2.24) is 30.0 Å². The van der Waals surface area contributed by atoms with Gasteiger partial charge < -0.3 is 10.6 Å². The van der Waals surface area contributed by atoms with E-state index in [1.54, 1.807) is 17.7 Å². The molecule has 1 aliphatic rings. The molecule has 0 bridgehead atoms. The largest absolute Gasteiger partial charge is 0.322 e. The molecule has 9 nitrogen and oxygen atoms in total. The molecule has 3 N–H and O–H groups in total. The summed E-state index contributed by atoms with van der Waals surface area (Å²) in [5.74, 6) is 0.134. The molecular formula is C13H17N7O2S. The van der Waals surface area contributed by atoms with Gasteiger partial charge in [0.25, 0.3) is 5.91 Å². The van der Waals surface area contributed by atoms with Crippen LogP contribution in [-0.2, 0) is 4.79 Å². The standard InChI is InChI=1S/C13H17N7O2S/c1-6-5-10(21)16-13(14-6)20-9(4-7(2)18-20)15-12(22)11-8(3)17-19-23-11/h4,6,13-14H,5H2,1-3H3,(H,15,22)(H,16,21). The van der Waals surface area contributed by atoms with Crippen molar-refractivity contribution in [3.8, 4) is 0 Å². The van der Waals surface area contributed by atoms with E-state index in [1.807, 2.05) is 13.8 Å². The van der Waals surface area contributed by atoms with Crippen LogP contribution in [0.1, 0.15) is 40.7 Å². The van der Waals surface area contributed by atoms with Crippen molar-refractivity contribution in [2.45, 2.75) is 39.5 Å². The first-order chi connectivity index (χ1) is 10.9. The fourth-order valence-electron chi connectivity index (χ4n) is 2.41. The summed E-state index contributed by atoms with van der Waals surface area (Å²) in [6.07, 6.45) is -0.0968. The number of aryl methyl sites for hydroxylation is 2.